The molecule has 0 aromatic heterocycles. The van der Waals surface area contributed by atoms with Crippen LogP contribution in [0, 0.1) is 0 Å². The van der Waals surface area contributed by atoms with Gasteiger partial charge in [0.05, 0.1) is 12.2 Å². The smallest absolute Gasteiger partial charge is 0.0603 e. The van der Waals surface area contributed by atoms with Crippen LogP contribution in [0.1, 0.15) is 44.9 Å². The van der Waals surface area contributed by atoms with Gasteiger partial charge in [0.1, 0.15) is 0 Å². The lowest BCUT2D eigenvalue weighted by atomic mass is 9.89. The molecular formula is C15H28N2O. The summed E-state index contributed by atoms with van der Waals surface area (Å²) in [6.45, 7) is 4.99. The van der Waals surface area contributed by atoms with Gasteiger partial charge in [-0.1, -0.05) is 6.42 Å². The maximum atomic E-state index is 6.31. The van der Waals surface area contributed by atoms with Crippen LogP contribution in [-0.2, 0) is 4.74 Å². The summed E-state index contributed by atoms with van der Waals surface area (Å²) in [5, 5.41) is 0. The Hall–Kier alpha value is -0.120. The Labute approximate surface area is 111 Å². The van der Waals surface area contributed by atoms with Crippen LogP contribution < -0.4 is 0 Å². The van der Waals surface area contributed by atoms with Crippen molar-refractivity contribution >= 4 is 0 Å². The normalized spacial score (nSPS) is 30.5. The molecule has 2 heterocycles. The maximum absolute atomic E-state index is 6.31. The fourth-order valence-corrected chi connectivity index (χ4v) is 3.52. The van der Waals surface area contributed by atoms with Crippen LogP contribution in [0.4, 0.5) is 0 Å². The van der Waals surface area contributed by atoms with Crippen LogP contribution in [-0.4, -0.2) is 61.3 Å². The summed E-state index contributed by atoms with van der Waals surface area (Å²) in [5.41, 5.74) is 0. The van der Waals surface area contributed by atoms with Gasteiger partial charge in [0, 0.05) is 32.2 Å². The Balaban J connectivity index is 1.37. The van der Waals surface area contributed by atoms with Crippen molar-refractivity contribution < 1.29 is 4.74 Å². The fraction of sp³-hybridized carbons (Fsp3) is 1.00. The number of likely N-dealkylation sites (tertiary alicyclic amines) is 2. The van der Waals surface area contributed by atoms with Gasteiger partial charge in [-0.05, 0) is 45.6 Å². The second-order valence-corrected chi connectivity index (χ2v) is 6.46. The van der Waals surface area contributed by atoms with E-state index in [0.717, 1.165) is 6.04 Å². The number of nitrogens with zero attached hydrogens (tertiary/aromatic N) is 2. The van der Waals surface area contributed by atoms with E-state index in [0.29, 0.717) is 12.2 Å². The Kier molecular flexibility index (Phi) is 4.22. The molecule has 0 atom stereocenters. The third-order valence-corrected chi connectivity index (χ3v) is 5.12. The van der Waals surface area contributed by atoms with E-state index in [1.54, 1.807) is 0 Å². The van der Waals surface area contributed by atoms with Gasteiger partial charge in [-0.25, -0.2) is 0 Å². The summed E-state index contributed by atoms with van der Waals surface area (Å²) < 4.78 is 6.31. The van der Waals surface area contributed by atoms with Gasteiger partial charge in [0.25, 0.3) is 0 Å². The highest BCUT2D eigenvalue weighted by Gasteiger charge is 2.30. The Morgan fingerprint density at radius 1 is 0.778 bits per heavy atom. The zero-order valence-corrected chi connectivity index (χ0v) is 11.8. The highest BCUT2D eigenvalue weighted by Crippen LogP contribution is 2.28. The molecule has 1 aliphatic carbocycles. The molecule has 0 aromatic carbocycles. The van der Waals surface area contributed by atoms with Gasteiger partial charge >= 0.3 is 0 Å². The summed E-state index contributed by atoms with van der Waals surface area (Å²) in [5.74, 6) is 0. The van der Waals surface area contributed by atoms with Gasteiger partial charge in [0.2, 0.25) is 0 Å². The molecule has 3 heteroatoms. The van der Waals surface area contributed by atoms with E-state index in [9.17, 15) is 0 Å². The quantitative estimate of drug-likeness (QED) is 0.765. The average Bonchev–Trinajstić information content (AvgIpc) is 2.32. The van der Waals surface area contributed by atoms with Crippen LogP contribution in [0.3, 0.4) is 0 Å². The SMILES string of the molecule is CN1CCC(OC2CCN(C3CCC3)CC2)CC1. The van der Waals surface area contributed by atoms with E-state index in [1.165, 1.54) is 71.1 Å². The molecule has 2 aliphatic heterocycles. The van der Waals surface area contributed by atoms with Crippen LogP contribution in [0.25, 0.3) is 0 Å². The standard InChI is InChI=1S/C15H28N2O/c1-16-9-5-14(6-10-16)18-15-7-11-17(12-8-15)13-3-2-4-13/h13-15H,2-12H2,1H3. The first-order valence-corrected chi connectivity index (χ1v) is 7.89. The van der Waals surface area contributed by atoms with E-state index >= 15 is 0 Å². The summed E-state index contributed by atoms with van der Waals surface area (Å²) >= 11 is 0. The Bertz CT molecular complexity index is 251. The van der Waals surface area contributed by atoms with E-state index in [2.05, 4.69) is 16.8 Å². The molecule has 1 saturated carbocycles. The van der Waals surface area contributed by atoms with Crippen LogP contribution >= 0.6 is 0 Å². The molecule has 2 saturated heterocycles. The molecule has 0 radical (unpaired) electrons. The third-order valence-electron chi connectivity index (χ3n) is 5.12. The third kappa shape index (κ3) is 3.06. The molecule has 3 rings (SSSR count). The van der Waals surface area contributed by atoms with Crippen molar-refractivity contribution in [3.8, 4) is 0 Å². The lowest BCUT2D eigenvalue weighted by molar-refractivity contribution is -0.0701. The molecule has 104 valence electrons. The second kappa shape index (κ2) is 5.89. The monoisotopic (exact) mass is 252 g/mol. The molecule has 18 heavy (non-hydrogen) atoms. The first-order valence-electron chi connectivity index (χ1n) is 7.89. The van der Waals surface area contributed by atoms with Crippen molar-refractivity contribution in [1.29, 1.82) is 0 Å². The molecule has 3 nitrogen and oxygen atoms in total. The Morgan fingerprint density at radius 3 is 1.83 bits per heavy atom. The van der Waals surface area contributed by atoms with Crippen LogP contribution in [0.2, 0.25) is 0 Å². The predicted molar refractivity (Wildman–Crippen MR) is 73.8 cm³/mol. The fourth-order valence-electron chi connectivity index (χ4n) is 3.52. The minimum Gasteiger partial charge on any atom is -0.375 e. The number of hydrogen-bond donors (Lipinski definition) is 0. The van der Waals surface area contributed by atoms with Crippen molar-refractivity contribution in [3.63, 3.8) is 0 Å². The molecule has 0 bridgehead atoms. The molecule has 0 spiro atoms. The zero-order chi connectivity index (χ0) is 12.4. The van der Waals surface area contributed by atoms with E-state index in [4.69, 9.17) is 4.74 Å². The van der Waals surface area contributed by atoms with Gasteiger partial charge in [-0.2, -0.15) is 0 Å². The molecule has 0 N–H and O–H groups in total. The van der Waals surface area contributed by atoms with Gasteiger partial charge in [0.15, 0.2) is 0 Å². The topological polar surface area (TPSA) is 15.7 Å². The van der Waals surface area contributed by atoms with Crippen molar-refractivity contribution in [2.24, 2.45) is 0 Å². The lowest BCUT2D eigenvalue weighted by Gasteiger charge is -2.42. The molecule has 0 unspecified atom stereocenters. The Morgan fingerprint density at radius 2 is 1.33 bits per heavy atom. The minimum absolute atomic E-state index is 0.543. The van der Waals surface area contributed by atoms with Gasteiger partial charge in [-0.15, -0.1) is 0 Å². The molecular weight excluding hydrogens is 224 g/mol. The highest BCUT2D eigenvalue weighted by molar-refractivity contribution is 4.84. The maximum Gasteiger partial charge on any atom is 0.0603 e. The molecule has 3 aliphatic rings. The van der Waals surface area contributed by atoms with Crippen molar-refractivity contribution in [2.75, 3.05) is 33.2 Å². The summed E-state index contributed by atoms with van der Waals surface area (Å²) in [6, 6.07) is 0.925. The van der Waals surface area contributed by atoms with Crippen LogP contribution in [0.15, 0.2) is 0 Å². The zero-order valence-electron chi connectivity index (χ0n) is 11.8. The average molecular weight is 252 g/mol. The molecule has 0 amide bonds. The van der Waals surface area contributed by atoms with Gasteiger partial charge in [-0.3, -0.25) is 0 Å². The highest BCUT2D eigenvalue weighted by atomic mass is 16.5. The first-order chi connectivity index (χ1) is 8.81. The number of piperidine rings is 2. The van der Waals surface area contributed by atoms with Crippen molar-refractivity contribution in [3.05, 3.63) is 0 Å². The minimum atomic E-state index is 0.543. The predicted octanol–water partition coefficient (Wildman–Crippen LogP) is 2.11. The summed E-state index contributed by atoms with van der Waals surface area (Å²) in [7, 11) is 2.22. The van der Waals surface area contributed by atoms with Crippen LogP contribution in [0.5, 0.6) is 0 Å². The van der Waals surface area contributed by atoms with E-state index in [1.807, 2.05) is 0 Å². The lowest BCUT2D eigenvalue weighted by Crippen LogP contribution is -2.47. The number of hydrogen-bond acceptors (Lipinski definition) is 3. The molecule has 3 fully saturated rings. The number of ether oxygens (including phenoxy) is 1. The van der Waals surface area contributed by atoms with Crippen molar-refractivity contribution in [2.45, 2.75) is 63.2 Å². The second-order valence-electron chi connectivity index (χ2n) is 6.46. The number of rotatable bonds is 3. The van der Waals surface area contributed by atoms with Gasteiger partial charge < -0.3 is 14.5 Å². The summed E-state index contributed by atoms with van der Waals surface area (Å²) in [4.78, 5) is 5.12. The van der Waals surface area contributed by atoms with E-state index in [-0.39, 0.29) is 0 Å². The largest absolute Gasteiger partial charge is 0.375 e. The van der Waals surface area contributed by atoms with Crippen molar-refractivity contribution in [1.82, 2.24) is 9.80 Å². The van der Waals surface area contributed by atoms with E-state index < -0.39 is 0 Å². The molecule has 0 aromatic rings. The summed E-state index contributed by atoms with van der Waals surface area (Å²) in [6.07, 6.45) is 10.4. The first kappa shape index (κ1) is 12.9.